The molecule has 1 fully saturated rings. The van der Waals surface area contributed by atoms with Gasteiger partial charge in [-0.05, 0) is 31.0 Å². The van der Waals surface area contributed by atoms with E-state index in [1.807, 2.05) is 24.3 Å². The van der Waals surface area contributed by atoms with Crippen LogP contribution < -0.4 is 5.32 Å². The molecule has 164 valence electrons. The summed E-state index contributed by atoms with van der Waals surface area (Å²) in [4.78, 5) is 42.9. The summed E-state index contributed by atoms with van der Waals surface area (Å²) in [6.45, 7) is 1.20. The number of anilines is 1. The molecule has 3 N–H and O–H groups in total. The summed E-state index contributed by atoms with van der Waals surface area (Å²) in [5, 5.41) is 29.7. The van der Waals surface area contributed by atoms with E-state index in [1.165, 1.54) is 18.2 Å². The standard InChI is InChI=1S/C18H18ClN3O3.C2H2O4/c19-16-6-1-2-7-17(16)20-14-8-10-21(11-9-14)18(23)13-4-3-5-15(12-13)22(24)25;3-1(4)2(5)6/h1-7,12,14,20H,8-11H2;(H,3,4)(H,5,6). The predicted molar refractivity (Wildman–Crippen MR) is 112 cm³/mol. The largest absolute Gasteiger partial charge is 0.473 e. The number of aliphatic carboxylic acids is 2. The Morgan fingerprint density at radius 3 is 2.19 bits per heavy atom. The van der Waals surface area contributed by atoms with Crippen molar-refractivity contribution < 1.29 is 29.5 Å². The van der Waals surface area contributed by atoms with Crippen LogP contribution >= 0.6 is 11.6 Å². The maximum Gasteiger partial charge on any atom is 0.414 e. The van der Waals surface area contributed by atoms with Crippen LogP contribution in [0.5, 0.6) is 0 Å². The first kappa shape index (κ1) is 23.6. The van der Waals surface area contributed by atoms with Gasteiger partial charge >= 0.3 is 11.9 Å². The number of rotatable bonds is 4. The van der Waals surface area contributed by atoms with E-state index in [1.54, 1.807) is 11.0 Å². The van der Waals surface area contributed by atoms with Gasteiger partial charge in [0.15, 0.2) is 0 Å². The number of amides is 1. The summed E-state index contributed by atoms with van der Waals surface area (Å²) in [5.74, 6) is -3.81. The number of nitro benzene ring substituents is 1. The highest BCUT2D eigenvalue weighted by atomic mass is 35.5. The van der Waals surface area contributed by atoms with Gasteiger partial charge in [0.05, 0.1) is 15.6 Å². The number of benzene rings is 2. The first-order valence-corrected chi connectivity index (χ1v) is 9.58. The van der Waals surface area contributed by atoms with Crippen LogP contribution in [0, 0.1) is 10.1 Å². The summed E-state index contributed by atoms with van der Waals surface area (Å²) in [6, 6.07) is 13.7. The third-order valence-corrected chi connectivity index (χ3v) is 4.83. The number of likely N-dealkylation sites (tertiary alicyclic amines) is 1. The molecule has 31 heavy (non-hydrogen) atoms. The number of carbonyl (C=O) groups excluding carboxylic acids is 1. The molecule has 0 aliphatic carbocycles. The Kier molecular flexibility index (Phi) is 8.33. The zero-order valence-electron chi connectivity index (χ0n) is 16.2. The van der Waals surface area contributed by atoms with Gasteiger partial charge in [-0.15, -0.1) is 0 Å². The summed E-state index contributed by atoms with van der Waals surface area (Å²) >= 11 is 6.16. The quantitative estimate of drug-likeness (QED) is 0.366. The van der Waals surface area contributed by atoms with E-state index in [0.29, 0.717) is 23.7 Å². The highest BCUT2D eigenvalue weighted by molar-refractivity contribution is 6.33. The zero-order chi connectivity index (χ0) is 23.0. The minimum atomic E-state index is -1.82. The summed E-state index contributed by atoms with van der Waals surface area (Å²) in [7, 11) is 0. The monoisotopic (exact) mass is 449 g/mol. The van der Waals surface area contributed by atoms with Gasteiger partial charge in [-0.3, -0.25) is 14.9 Å². The average molecular weight is 450 g/mol. The summed E-state index contributed by atoms with van der Waals surface area (Å²) in [5.41, 5.74) is 1.18. The molecular formula is C20H20ClN3O7. The van der Waals surface area contributed by atoms with Crippen LogP contribution in [0.3, 0.4) is 0 Å². The number of nitrogens with zero attached hydrogens (tertiary/aromatic N) is 2. The first-order chi connectivity index (χ1) is 14.7. The Bertz CT molecular complexity index is 963. The zero-order valence-corrected chi connectivity index (χ0v) is 17.0. The average Bonchev–Trinajstić information content (AvgIpc) is 2.76. The van der Waals surface area contributed by atoms with Crippen molar-refractivity contribution in [2.75, 3.05) is 18.4 Å². The van der Waals surface area contributed by atoms with E-state index in [4.69, 9.17) is 31.4 Å². The fourth-order valence-electron chi connectivity index (χ4n) is 2.96. The molecule has 0 atom stereocenters. The van der Waals surface area contributed by atoms with Crippen molar-refractivity contribution in [2.45, 2.75) is 18.9 Å². The lowest BCUT2D eigenvalue weighted by Gasteiger charge is -2.33. The smallest absolute Gasteiger partial charge is 0.414 e. The molecule has 1 saturated heterocycles. The number of carboxylic acid groups (broad SMARTS) is 2. The van der Waals surface area contributed by atoms with E-state index >= 15 is 0 Å². The Balaban J connectivity index is 0.000000501. The second-order valence-corrected chi connectivity index (χ2v) is 7.02. The van der Waals surface area contributed by atoms with Gasteiger partial charge in [0.2, 0.25) is 0 Å². The van der Waals surface area contributed by atoms with Crippen LogP contribution in [0.15, 0.2) is 48.5 Å². The summed E-state index contributed by atoms with van der Waals surface area (Å²) < 4.78 is 0. The molecule has 1 aliphatic rings. The molecule has 0 saturated carbocycles. The molecule has 0 unspecified atom stereocenters. The van der Waals surface area contributed by atoms with Crippen molar-refractivity contribution in [2.24, 2.45) is 0 Å². The second-order valence-electron chi connectivity index (χ2n) is 6.61. The maximum atomic E-state index is 12.6. The fourth-order valence-corrected chi connectivity index (χ4v) is 3.15. The Labute approximate surface area is 182 Å². The molecule has 1 heterocycles. The van der Waals surface area contributed by atoms with Crippen molar-refractivity contribution >= 4 is 40.8 Å². The van der Waals surface area contributed by atoms with Gasteiger partial charge in [-0.1, -0.05) is 29.8 Å². The van der Waals surface area contributed by atoms with Gasteiger partial charge < -0.3 is 20.4 Å². The lowest BCUT2D eigenvalue weighted by Crippen LogP contribution is -2.42. The van der Waals surface area contributed by atoms with Crippen molar-refractivity contribution in [1.29, 1.82) is 0 Å². The van der Waals surface area contributed by atoms with Gasteiger partial charge in [0.25, 0.3) is 11.6 Å². The SMILES string of the molecule is O=C(O)C(=O)O.O=C(c1cccc([N+](=O)[O-])c1)N1CCC(Nc2ccccc2Cl)CC1. The molecule has 2 aromatic carbocycles. The van der Waals surface area contributed by atoms with Crippen molar-refractivity contribution in [3.63, 3.8) is 0 Å². The van der Waals surface area contributed by atoms with Crippen molar-refractivity contribution in [3.05, 3.63) is 69.2 Å². The number of halogens is 1. The summed E-state index contributed by atoms with van der Waals surface area (Å²) in [6.07, 6.45) is 1.60. The fraction of sp³-hybridized carbons (Fsp3) is 0.250. The highest BCUT2D eigenvalue weighted by Gasteiger charge is 2.24. The van der Waals surface area contributed by atoms with E-state index in [0.717, 1.165) is 18.5 Å². The third-order valence-electron chi connectivity index (χ3n) is 4.50. The molecule has 11 heteroatoms. The predicted octanol–water partition coefficient (Wildman–Crippen LogP) is 3.12. The Morgan fingerprint density at radius 2 is 1.65 bits per heavy atom. The maximum absolute atomic E-state index is 12.6. The number of carbonyl (C=O) groups is 3. The molecule has 1 amide bonds. The van der Waals surface area contributed by atoms with Crippen LogP contribution in [0.4, 0.5) is 11.4 Å². The van der Waals surface area contributed by atoms with Gasteiger partial charge in [-0.25, -0.2) is 9.59 Å². The number of non-ortho nitro benzene ring substituents is 1. The minimum absolute atomic E-state index is 0.0684. The topological polar surface area (TPSA) is 150 Å². The molecule has 2 aromatic rings. The number of nitro groups is 1. The molecule has 0 spiro atoms. The molecule has 0 radical (unpaired) electrons. The van der Waals surface area contributed by atoms with Crippen LogP contribution in [0.25, 0.3) is 0 Å². The van der Waals surface area contributed by atoms with Gasteiger partial charge in [0, 0.05) is 36.8 Å². The van der Waals surface area contributed by atoms with Crippen molar-refractivity contribution in [3.8, 4) is 0 Å². The normalized spacial score (nSPS) is 13.5. The third kappa shape index (κ3) is 6.96. The van der Waals surface area contributed by atoms with E-state index < -0.39 is 16.9 Å². The van der Waals surface area contributed by atoms with Crippen LogP contribution in [-0.4, -0.2) is 57.0 Å². The lowest BCUT2D eigenvalue weighted by atomic mass is 10.0. The lowest BCUT2D eigenvalue weighted by molar-refractivity contribution is -0.384. The number of hydrogen-bond acceptors (Lipinski definition) is 6. The Morgan fingerprint density at radius 1 is 1.03 bits per heavy atom. The molecule has 0 aromatic heterocycles. The van der Waals surface area contributed by atoms with E-state index in [9.17, 15) is 14.9 Å². The number of nitrogens with one attached hydrogen (secondary N) is 1. The molecule has 3 rings (SSSR count). The molecule has 10 nitrogen and oxygen atoms in total. The molecule has 0 bridgehead atoms. The van der Waals surface area contributed by atoms with Crippen LogP contribution in [0.1, 0.15) is 23.2 Å². The number of para-hydroxylation sites is 1. The molecule has 1 aliphatic heterocycles. The first-order valence-electron chi connectivity index (χ1n) is 9.20. The Hall–Kier alpha value is -3.66. The second kappa shape index (κ2) is 10.9. The van der Waals surface area contributed by atoms with Gasteiger partial charge in [-0.2, -0.15) is 0 Å². The van der Waals surface area contributed by atoms with E-state index in [-0.39, 0.29) is 17.6 Å². The van der Waals surface area contributed by atoms with E-state index in [2.05, 4.69) is 5.32 Å². The van der Waals surface area contributed by atoms with Crippen LogP contribution in [-0.2, 0) is 9.59 Å². The number of carboxylic acids is 2. The highest BCUT2D eigenvalue weighted by Crippen LogP contribution is 2.24. The van der Waals surface area contributed by atoms with Crippen molar-refractivity contribution in [1.82, 2.24) is 4.90 Å². The molecular weight excluding hydrogens is 430 g/mol. The van der Waals surface area contributed by atoms with Gasteiger partial charge in [0.1, 0.15) is 0 Å². The minimum Gasteiger partial charge on any atom is -0.473 e. The number of piperidine rings is 1. The number of hydrogen-bond donors (Lipinski definition) is 3. The van der Waals surface area contributed by atoms with Crippen LogP contribution in [0.2, 0.25) is 5.02 Å².